The van der Waals surface area contributed by atoms with Gasteiger partial charge >= 0.3 is 0 Å². The molecule has 0 radical (unpaired) electrons. The molecule has 2 fully saturated rings. The van der Waals surface area contributed by atoms with Gasteiger partial charge < -0.3 is 5.32 Å². The third-order valence-electron chi connectivity index (χ3n) is 3.61. The van der Waals surface area contributed by atoms with Gasteiger partial charge in [0.15, 0.2) is 0 Å². The van der Waals surface area contributed by atoms with Crippen molar-refractivity contribution >= 4 is 11.8 Å². The molecule has 0 bridgehead atoms. The van der Waals surface area contributed by atoms with E-state index in [0.29, 0.717) is 0 Å². The number of thioether (sulfide) groups is 1. The average Bonchev–Trinajstić information content (AvgIpc) is 2.74. The third kappa shape index (κ3) is 2.26. The molecule has 82 valence electrons. The predicted octanol–water partition coefficient (Wildman–Crippen LogP) is 1.28. The Morgan fingerprint density at radius 2 is 2.29 bits per heavy atom. The quantitative estimate of drug-likeness (QED) is 0.762. The van der Waals surface area contributed by atoms with Crippen LogP contribution < -0.4 is 5.32 Å². The molecule has 2 aliphatic heterocycles. The lowest BCUT2D eigenvalue weighted by atomic mass is 10.1. The molecule has 0 aromatic carbocycles. The van der Waals surface area contributed by atoms with Crippen LogP contribution >= 0.6 is 11.8 Å². The van der Waals surface area contributed by atoms with Gasteiger partial charge in [-0.05, 0) is 44.1 Å². The molecule has 14 heavy (non-hydrogen) atoms. The van der Waals surface area contributed by atoms with Crippen LogP contribution in [0, 0.1) is 11.8 Å². The molecule has 3 unspecified atom stereocenters. The van der Waals surface area contributed by atoms with Crippen LogP contribution in [0.5, 0.6) is 0 Å². The minimum Gasteiger partial charge on any atom is -0.319 e. The van der Waals surface area contributed by atoms with Gasteiger partial charge in [0.25, 0.3) is 0 Å². The van der Waals surface area contributed by atoms with E-state index in [-0.39, 0.29) is 0 Å². The molecule has 2 heterocycles. The van der Waals surface area contributed by atoms with Gasteiger partial charge in [0.2, 0.25) is 0 Å². The van der Waals surface area contributed by atoms with Crippen LogP contribution in [0.1, 0.15) is 13.3 Å². The van der Waals surface area contributed by atoms with Gasteiger partial charge in [0.1, 0.15) is 0 Å². The molecule has 0 spiro atoms. The maximum Gasteiger partial charge on any atom is 0.0219 e. The molecule has 0 aromatic heterocycles. The zero-order valence-corrected chi connectivity index (χ0v) is 10.1. The number of nitrogens with zero attached hydrogens (tertiary/aromatic N) is 1. The Hall–Kier alpha value is 0.270. The van der Waals surface area contributed by atoms with Gasteiger partial charge in [-0.15, -0.1) is 0 Å². The summed E-state index contributed by atoms with van der Waals surface area (Å²) in [5.41, 5.74) is 0. The van der Waals surface area contributed by atoms with Crippen LogP contribution in [0.4, 0.5) is 0 Å². The Balaban J connectivity index is 1.82. The van der Waals surface area contributed by atoms with Crippen LogP contribution in [0.15, 0.2) is 0 Å². The zero-order valence-electron chi connectivity index (χ0n) is 9.33. The zero-order chi connectivity index (χ0) is 9.97. The van der Waals surface area contributed by atoms with Crippen molar-refractivity contribution in [3.63, 3.8) is 0 Å². The number of hydrogen-bond acceptors (Lipinski definition) is 3. The average molecular weight is 214 g/mol. The van der Waals surface area contributed by atoms with E-state index in [2.05, 4.69) is 35.9 Å². The molecule has 3 atom stereocenters. The normalized spacial score (nSPS) is 39.4. The highest BCUT2D eigenvalue weighted by atomic mass is 32.2. The molecule has 2 rings (SSSR count). The van der Waals surface area contributed by atoms with E-state index < -0.39 is 0 Å². The summed E-state index contributed by atoms with van der Waals surface area (Å²) in [4.78, 5) is 2.73. The van der Waals surface area contributed by atoms with Gasteiger partial charge in [-0.25, -0.2) is 0 Å². The van der Waals surface area contributed by atoms with Gasteiger partial charge in [-0.2, -0.15) is 11.8 Å². The largest absolute Gasteiger partial charge is 0.319 e. The summed E-state index contributed by atoms with van der Waals surface area (Å²) in [6.07, 6.45) is 1.40. The maximum absolute atomic E-state index is 3.30. The van der Waals surface area contributed by atoms with E-state index in [0.717, 1.165) is 17.9 Å². The van der Waals surface area contributed by atoms with E-state index in [1.54, 1.807) is 0 Å². The van der Waals surface area contributed by atoms with Crippen molar-refractivity contribution in [2.75, 3.05) is 38.2 Å². The Labute approximate surface area is 91.8 Å². The highest BCUT2D eigenvalue weighted by Gasteiger charge is 2.33. The highest BCUT2D eigenvalue weighted by molar-refractivity contribution is 7.99. The van der Waals surface area contributed by atoms with E-state index in [1.807, 2.05) is 0 Å². The fraction of sp³-hybridized carbons (Fsp3) is 1.00. The summed E-state index contributed by atoms with van der Waals surface area (Å²) < 4.78 is 0. The van der Waals surface area contributed by atoms with E-state index in [4.69, 9.17) is 0 Å². The van der Waals surface area contributed by atoms with E-state index >= 15 is 0 Å². The van der Waals surface area contributed by atoms with Gasteiger partial charge in [-0.3, -0.25) is 4.90 Å². The van der Waals surface area contributed by atoms with E-state index in [9.17, 15) is 0 Å². The molecular weight excluding hydrogens is 192 g/mol. The van der Waals surface area contributed by atoms with Crippen molar-refractivity contribution in [1.29, 1.82) is 0 Å². The summed E-state index contributed by atoms with van der Waals surface area (Å²) in [5.74, 6) is 4.55. The van der Waals surface area contributed by atoms with Crippen molar-refractivity contribution in [1.82, 2.24) is 10.2 Å². The van der Waals surface area contributed by atoms with Crippen LogP contribution in [0.3, 0.4) is 0 Å². The highest BCUT2D eigenvalue weighted by Crippen LogP contribution is 2.31. The second kappa shape index (κ2) is 4.86. The molecule has 1 N–H and O–H groups in total. The summed E-state index contributed by atoms with van der Waals surface area (Å²) in [7, 11) is 2.07. The lowest BCUT2D eigenvalue weighted by Gasteiger charge is -2.26. The number of likely N-dealkylation sites (tertiary alicyclic amines) is 1. The summed E-state index contributed by atoms with van der Waals surface area (Å²) in [6.45, 7) is 6.28. The molecule has 0 saturated carbocycles. The van der Waals surface area contributed by atoms with Crippen LogP contribution in [0.25, 0.3) is 0 Å². The van der Waals surface area contributed by atoms with Crippen molar-refractivity contribution in [3.05, 3.63) is 0 Å². The molecule has 0 aliphatic carbocycles. The SMILES string of the molecule is CNCC1CCN(C2CSCC2C)C1. The lowest BCUT2D eigenvalue weighted by Crippen LogP contribution is -2.38. The molecule has 0 aromatic rings. The first-order valence-corrected chi connectivity index (χ1v) is 6.93. The first kappa shape index (κ1) is 10.8. The van der Waals surface area contributed by atoms with Crippen LogP contribution in [-0.4, -0.2) is 49.1 Å². The third-order valence-corrected chi connectivity index (χ3v) is 4.94. The van der Waals surface area contributed by atoms with E-state index in [1.165, 1.54) is 37.6 Å². The lowest BCUT2D eigenvalue weighted by molar-refractivity contribution is 0.214. The van der Waals surface area contributed by atoms with Gasteiger partial charge in [0.05, 0.1) is 0 Å². The fourth-order valence-electron chi connectivity index (χ4n) is 2.73. The standard InChI is InChI=1S/C11H22N2S/c1-9-7-14-8-11(9)13-4-3-10(6-13)5-12-2/h9-12H,3-8H2,1-2H3. The number of hydrogen-bond donors (Lipinski definition) is 1. The van der Waals surface area contributed by atoms with Crippen molar-refractivity contribution in [3.8, 4) is 0 Å². The summed E-state index contributed by atoms with van der Waals surface area (Å²) in [5, 5.41) is 3.30. The summed E-state index contributed by atoms with van der Waals surface area (Å²) >= 11 is 2.13. The Morgan fingerprint density at radius 1 is 1.43 bits per heavy atom. The number of nitrogens with one attached hydrogen (secondary N) is 1. The van der Waals surface area contributed by atoms with Gasteiger partial charge in [-0.1, -0.05) is 6.92 Å². The minimum absolute atomic E-state index is 0.877. The molecule has 2 saturated heterocycles. The summed E-state index contributed by atoms with van der Waals surface area (Å²) in [6, 6.07) is 0.877. The minimum atomic E-state index is 0.877. The molecule has 2 nitrogen and oxygen atoms in total. The molecule has 0 amide bonds. The Kier molecular flexibility index (Phi) is 3.74. The topological polar surface area (TPSA) is 15.3 Å². The Morgan fingerprint density at radius 3 is 2.93 bits per heavy atom. The fourth-order valence-corrected chi connectivity index (χ4v) is 4.25. The van der Waals surface area contributed by atoms with Gasteiger partial charge in [0, 0.05) is 18.3 Å². The second-order valence-corrected chi connectivity index (χ2v) is 5.86. The van der Waals surface area contributed by atoms with Crippen LogP contribution in [0.2, 0.25) is 0 Å². The smallest absolute Gasteiger partial charge is 0.0219 e. The van der Waals surface area contributed by atoms with Crippen molar-refractivity contribution < 1.29 is 0 Å². The second-order valence-electron chi connectivity index (χ2n) is 4.79. The monoisotopic (exact) mass is 214 g/mol. The Bertz CT molecular complexity index is 186. The van der Waals surface area contributed by atoms with Crippen molar-refractivity contribution in [2.45, 2.75) is 19.4 Å². The predicted molar refractivity (Wildman–Crippen MR) is 63.9 cm³/mol. The molecule has 2 aliphatic rings. The molecular formula is C11H22N2S. The first-order valence-electron chi connectivity index (χ1n) is 5.77. The van der Waals surface area contributed by atoms with Crippen molar-refractivity contribution in [2.24, 2.45) is 11.8 Å². The first-order chi connectivity index (χ1) is 6.81. The maximum atomic E-state index is 3.30. The molecule has 3 heteroatoms. The van der Waals surface area contributed by atoms with Crippen LogP contribution in [-0.2, 0) is 0 Å². The number of rotatable bonds is 3.